The molecule has 1 atom stereocenters. The minimum Gasteiger partial charge on any atom is -0.312 e. The highest BCUT2D eigenvalue weighted by atomic mass is 15.1. The van der Waals surface area contributed by atoms with E-state index >= 15 is 0 Å². The summed E-state index contributed by atoms with van der Waals surface area (Å²) in [6.07, 6.45) is 2.68. The lowest BCUT2D eigenvalue weighted by Gasteiger charge is -2.33. The van der Waals surface area contributed by atoms with Gasteiger partial charge in [0.1, 0.15) is 0 Å². The summed E-state index contributed by atoms with van der Waals surface area (Å²) in [6, 6.07) is 15.8. The molecular formula is C19H26N2. The third-order valence-corrected chi connectivity index (χ3v) is 4.86. The lowest BCUT2D eigenvalue weighted by molar-refractivity contribution is 0.177. The van der Waals surface area contributed by atoms with Gasteiger partial charge in [0, 0.05) is 12.6 Å². The lowest BCUT2D eigenvalue weighted by Crippen LogP contribution is -2.39. The van der Waals surface area contributed by atoms with E-state index in [-0.39, 0.29) is 0 Å². The van der Waals surface area contributed by atoms with Crippen LogP contribution in [0.25, 0.3) is 10.8 Å². The Labute approximate surface area is 128 Å². The number of nitrogens with zero attached hydrogens (tertiary/aromatic N) is 1. The lowest BCUT2D eigenvalue weighted by atomic mass is 9.96. The summed E-state index contributed by atoms with van der Waals surface area (Å²) in [4.78, 5) is 2.61. The average molecular weight is 282 g/mol. The number of likely N-dealkylation sites (tertiary alicyclic amines) is 1. The highest BCUT2D eigenvalue weighted by molar-refractivity contribution is 5.86. The van der Waals surface area contributed by atoms with E-state index in [2.05, 4.69) is 66.7 Å². The first-order valence-corrected chi connectivity index (χ1v) is 8.15. The molecule has 2 aromatic rings. The molecule has 1 unspecified atom stereocenters. The minimum absolute atomic E-state index is 0.407. The van der Waals surface area contributed by atoms with E-state index in [0.717, 1.165) is 12.5 Å². The van der Waals surface area contributed by atoms with Gasteiger partial charge < -0.3 is 10.2 Å². The Hall–Kier alpha value is -1.38. The topological polar surface area (TPSA) is 15.3 Å². The second-order valence-corrected chi connectivity index (χ2v) is 6.39. The Balaban J connectivity index is 1.81. The Morgan fingerprint density at radius 2 is 1.81 bits per heavy atom. The Morgan fingerprint density at radius 3 is 2.57 bits per heavy atom. The molecule has 1 aliphatic heterocycles. The van der Waals surface area contributed by atoms with Gasteiger partial charge in [-0.1, -0.05) is 49.4 Å². The van der Waals surface area contributed by atoms with Crippen LogP contribution in [0.1, 0.15) is 31.4 Å². The number of nitrogens with one attached hydrogen (secondary N) is 1. The quantitative estimate of drug-likeness (QED) is 0.917. The summed E-state index contributed by atoms with van der Waals surface area (Å²) in [5.74, 6) is 0.895. The Morgan fingerprint density at radius 1 is 1.10 bits per heavy atom. The molecule has 0 bridgehead atoms. The van der Waals surface area contributed by atoms with Gasteiger partial charge in [0.2, 0.25) is 0 Å². The van der Waals surface area contributed by atoms with Crippen molar-refractivity contribution < 1.29 is 0 Å². The molecule has 1 heterocycles. The first-order valence-electron chi connectivity index (χ1n) is 8.15. The molecular weight excluding hydrogens is 256 g/mol. The number of hydrogen-bond donors (Lipinski definition) is 1. The molecule has 1 N–H and O–H groups in total. The Kier molecular flexibility index (Phi) is 4.57. The number of benzene rings is 2. The largest absolute Gasteiger partial charge is 0.312 e. The summed E-state index contributed by atoms with van der Waals surface area (Å²) in [5.41, 5.74) is 1.43. The maximum Gasteiger partial charge on any atom is 0.0453 e. The molecule has 3 rings (SSSR count). The van der Waals surface area contributed by atoms with E-state index in [1.54, 1.807) is 0 Å². The van der Waals surface area contributed by atoms with Crippen molar-refractivity contribution in [1.82, 2.24) is 10.2 Å². The van der Waals surface area contributed by atoms with Gasteiger partial charge >= 0.3 is 0 Å². The van der Waals surface area contributed by atoms with Gasteiger partial charge in [-0.3, -0.25) is 0 Å². The van der Waals surface area contributed by atoms with Gasteiger partial charge in [0.15, 0.2) is 0 Å². The summed E-state index contributed by atoms with van der Waals surface area (Å²) < 4.78 is 0. The van der Waals surface area contributed by atoms with E-state index < -0.39 is 0 Å². The van der Waals surface area contributed by atoms with E-state index in [1.807, 2.05) is 0 Å². The van der Waals surface area contributed by atoms with Crippen LogP contribution < -0.4 is 5.32 Å². The van der Waals surface area contributed by atoms with Gasteiger partial charge in [0.25, 0.3) is 0 Å². The maximum atomic E-state index is 3.53. The van der Waals surface area contributed by atoms with Crippen LogP contribution in [0.4, 0.5) is 0 Å². The van der Waals surface area contributed by atoms with E-state index in [1.165, 1.54) is 42.3 Å². The normalized spacial score (nSPS) is 19.0. The molecule has 0 radical (unpaired) electrons. The first kappa shape index (κ1) is 14.6. The SMILES string of the molecule is CNC(CN1CCC(C)CC1)c1cccc2ccccc12. The van der Waals surface area contributed by atoms with Crippen LogP contribution in [-0.4, -0.2) is 31.6 Å². The van der Waals surface area contributed by atoms with Crippen LogP contribution in [0.15, 0.2) is 42.5 Å². The van der Waals surface area contributed by atoms with Crippen molar-refractivity contribution in [1.29, 1.82) is 0 Å². The predicted molar refractivity (Wildman–Crippen MR) is 90.6 cm³/mol. The van der Waals surface area contributed by atoms with Gasteiger partial charge in [-0.2, -0.15) is 0 Å². The van der Waals surface area contributed by atoms with Crippen molar-refractivity contribution in [2.24, 2.45) is 5.92 Å². The van der Waals surface area contributed by atoms with Crippen molar-refractivity contribution >= 4 is 10.8 Å². The van der Waals surface area contributed by atoms with Crippen molar-refractivity contribution in [3.8, 4) is 0 Å². The summed E-state index contributed by atoms with van der Waals surface area (Å²) in [5, 5.41) is 6.24. The second-order valence-electron chi connectivity index (χ2n) is 6.39. The number of hydrogen-bond acceptors (Lipinski definition) is 2. The van der Waals surface area contributed by atoms with Crippen molar-refractivity contribution in [3.63, 3.8) is 0 Å². The fourth-order valence-electron chi connectivity index (χ4n) is 3.40. The number of piperidine rings is 1. The Bertz CT molecular complexity index is 580. The molecule has 0 amide bonds. The zero-order valence-electron chi connectivity index (χ0n) is 13.2. The van der Waals surface area contributed by atoms with Crippen LogP contribution in [0.2, 0.25) is 0 Å². The average Bonchev–Trinajstić information content (AvgIpc) is 2.54. The second kappa shape index (κ2) is 6.59. The highest BCUT2D eigenvalue weighted by Gasteiger charge is 2.20. The van der Waals surface area contributed by atoms with Crippen molar-refractivity contribution in [3.05, 3.63) is 48.0 Å². The summed E-state index contributed by atoms with van der Waals surface area (Å²) >= 11 is 0. The van der Waals surface area contributed by atoms with Crippen molar-refractivity contribution in [2.45, 2.75) is 25.8 Å². The van der Waals surface area contributed by atoms with Gasteiger partial charge in [-0.25, -0.2) is 0 Å². The fourth-order valence-corrected chi connectivity index (χ4v) is 3.40. The maximum absolute atomic E-state index is 3.53. The van der Waals surface area contributed by atoms with Crippen LogP contribution >= 0.6 is 0 Å². The molecule has 0 spiro atoms. The molecule has 2 heteroatoms. The molecule has 112 valence electrons. The van der Waals surface area contributed by atoms with Gasteiger partial charge in [-0.15, -0.1) is 0 Å². The molecule has 0 aliphatic carbocycles. The van der Waals surface area contributed by atoms with E-state index in [0.29, 0.717) is 6.04 Å². The number of fused-ring (bicyclic) bond motifs is 1. The number of likely N-dealkylation sites (N-methyl/N-ethyl adjacent to an activating group) is 1. The smallest absolute Gasteiger partial charge is 0.0453 e. The molecule has 2 nitrogen and oxygen atoms in total. The molecule has 21 heavy (non-hydrogen) atoms. The zero-order chi connectivity index (χ0) is 14.7. The van der Waals surface area contributed by atoms with Crippen molar-refractivity contribution in [2.75, 3.05) is 26.7 Å². The molecule has 1 aliphatic rings. The van der Waals surface area contributed by atoms with Crippen LogP contribution in [0.5, 0.6) is 0 Å². The summed E-state index contributed by atoms with van der Waals surface area (Å²) in [6.45, 7) is 5.96. The van der Waals surface area contributed by atoms with E-state index in [9.17, 15) is 0 Å². The van der Waals surface area contributed by atoms with Crippen LogP contribution in [0.3, 0.4) is 0 Å². The molecule has 1 saturated heterocycles. The van der Waals surface area contributed by atoms with E-state index in [4.69, 9.17) is 0 Å². The predicted octanol–water partition coefficient (Wildman–Crippen LogP) is 3.83. The van der Waals surface area contributed by atoms with Crippen LogP contribution in [-0.2, 0) is 0 Å². The first-order chi connectivity index (χ1) is 10.3. The van der Waals surface area contributed by atoms with Gasteiger partial charge in [-0.05, 0) is 55.2 Å². The molecule has 1 fully saturated rings. The summed E-state index contributed by atoms with van der Waals surface area (Å²) in [7, 11) is 2.08. The zero-order valence-corrected chi connectivity index (χ0v) is 13.2. The minimum atomic E-state index is 0.407. The number of rotatable bonds is 4. The fraction of sp³-hybridized carbons (Fsp3) is 0.474. The molecule has 0 aromatic heterocycles. The van der Waals surface area contributed by atoms with Crippen LogP contribution in [0, 0.1) is 5.92 Å². The third kappa shape index (κ3) is 3.28. The molecule has 0 saturated carbocycles. The standard InChI is InChI=1S/C19H26N2/c1-15-10-12-21(13-11-15)14-19(20-2)18-9-5-7-16-6-3-4-8-17(16)18/h3-9,15,19-20H,10-14H2,1-2H3. The monoisotopic (exact) mass is 282 g/mol. The highest BCUT2D eigenvalue weighted by Crippen LogP contribution is 2.26. The van der Waals surface area contributed by atoms with Gasteiger partial charge in [0.05, 0.1) is 0 Å². The third-order valence-electron chi connectivity index (χ3n) is 4.86. The molecule has 2 aromatic carbocycles.